The van der Waals surface area contributed by atoms with Gasteiger partial charge in [-0.25, -0.2) is 0 Å². The van der Waals surface area contributed by atoms with Crippen molar-refractivity contribution in [2.45, 2.75) is 264 Å². The van der Waals surface area contributed by atoms with E-state index in [1.54, 1.807) is 0 Å². The highest BCUT2D eigenvalue weighted by molar-refractivity contribution is 5.71. The average molecular weight is 919 g/mol. The summed E-state index contributed by atoms with van der Waals surface area (Å²) in [4.78, 5) is 38.0. The van der Waals surface area contributed by atoms with Gasteiger partial charge in [-0.15, -0.1) is 0 Å². The van der Waals surface area contributed by atoms with Gasteiger partial charge in [0.25, 0.3) is 0 Å². The number of hydrogen-bond donors (Lipinski definition) is 0. The molecule has 1 atom stereocenters. The van der Waals surface area contributed by atoms with Crippen LogP contribution in [0.5, 0.6) is 0 Å². The van der Waals surface area contributed by atoms with Crippen LogP contribution in [0.4, 0.5) is 0 Å². The third-order valence-corrected chi connectivity index (χ3v) is 11.6. The second-order valence-corrected chi connectivity index (χ2v) is 18.1. The molecule has 0 aliphatic heterocycles. The van der Waals surface area contributed by atoms with E-state index in [1.165, 1.54) is 109 Å². The summed E-state index contributed by atoms with van der Waals surface area (Å²) in [6.45, 7) is 6.46. The fourth-order valence-corrected chi connectivity index (χ4v) is 7.50. The summed E-state index contributed by atoms with van der Waals surface area (Å²) in [6.07, 6.45) is 70.0. The Morgan fingerprint density at radius 1 is 0.318 bits per heavy atom. The molecule has 66 heavy (non-hydrogen) atoms. The minimum absolute atomic E-state index is 0.0825. The lowest BCUT2D eigenvalue weighted by Crippen LogP contribution is -2.30. The van der Waals surface area contributed by atoms with Crippen molar-refractivity contribution >= 4 is 17.9 Å². The first-order valence-corrected chi connectivity index (χ1v) is 27.6. The first-order chi connectivity index (χ1) is 32.5. The third kappa shape index (κ3) is 51.6. The van der Waals surface area contributed by atoms with E-state index in [4.69, 9.17) is 14.2 Å². The molecular weight excluding hydrogens is 817 g/mol. The molecule has 6 heteroatoms. The first kappa shape index (κ1) is 62.6. The lowest BCUT2D eigenvalue weighted by molar-refractivity contribution is -0.167. The van der Waals surface area contributed by atoms with Gasteiger partial charge in [-0.1, -0.05) is 228 Å². The quantitative estimate of drug-likeness (QED) is 0.0262. The van der Waals surface area contributed by atoms with E-state index in [-0.39, 0.29) is 31.1 Å². The van der Waals surface area contributed by atoms with Crippen LogP contribution in [-0.4, -0.2) is 37.2 Å². The molecule has 6 nitrogen and oxygen atoms in total. The Labute approximate surface area is 407 Å². The fraction of sp³-hybridized carbons (Fsp3) is 0.717. The molecule has 0 spiro atoms. The molecule has 0 aliphatic rings. The lowest BCUT2D eigenvalue weighted by atomic mass is 10.1. The van der Waals surface area contributed by atoms with Crippen molar-refractivity contribution in [1.29, 1.82) is 0 Å². The number of rotatable bonds is 49. The molecule has 0 aliphatic carbocycles. The van der Waals surface area contributed by atoms with Crippen molar-refractivity contribution in [2.75, 3.05) is 13.2 Å². The standard InChI is InChI=1S/C60H102O6/c1-4-7-10-13-16-19-21-23-25-27-28-29-30-31-32-34-35-37-39-41-44-47-50-53-59(62)65-56-57(55-64-58(61)52-49-46-43-18-15-12-9-6-3)66-60(63)54-51-48-45-42-40-38-36-33-26-24-22-20-17-14-11-8-5-2/h7,10,16-17,19-20,23-26,28-29,31-32,57H,4-6,8-9,11-15,18,21-22,27,30,33-56H2,1-3H3/b10-7-,19-16-,20-17-,25-23-,26-24-,29-28-,32-31-. The van der Waals surface area contributed by atoms with Crippen LogP contribution in [0.3, 0.4) is 0 Å². The molecule has 378 valence electrons. The minimum atomic E-state index is -0.783. The van der Waals surface area contributed by atoms with Gasteiger partial charge in [0.1, 0.15) is 13.2 Å². The molecule has 0 saturated heterocycles. The van der Waals surface area contributed by atoms with Gasteiger partial charge in [0, 0.05) is 19.3 Å². The van der Waals surface area contributed by atoms with Crippen LogP contribution in [-0.2, 0) is 28.6 Å². The highest BCUT2D eigenvalue weighted by atomic mass is 16.6. The summed E-state index contributed by atoms with van der Waals surface area (Å²) in [5.41, 5.74) is 0. The molecule has 0 amide bonds. The Morgan fingerprint density at radius 2 is 0.591 bits per heavy atom. The molecule has 0 rings (SSSR count). The van der Waals surface area contributed by atoms with E-state index in [0.717, 1.165) is 109 Å². The smallest absolute Gasteiger partial charge is 0.306 e. The van der Waals surface area contributed by atoms with Gasteiger partial charge in [-0.3, -0.25) is 14.4 Å². The van der Waals surface area contributed by atoms with Crippen LogP contribution < -0.4 is 0 Å². The SMILES string of the molecule is CC/C=C\C/C=C\C/C=C\C/C=C\C/C=C\CCCCCCCCCC(=O)OCC(COC(=O)CCCCCCCCCC)OC(=O)CCCCCCCCC/C=C\C/C=C\CCCCC. The maximum absolute atomic E-state index is 12.8. The van der Waals surface area contributed by atoms with Crippen molar-refractivity contribution in [3.05, 3.63) is 85.1 Å². The molecule has 0 N–H and O–H groups in total. The highest BCUT2D eigenvalue weighted by Crippen LogP contribution is 2.14. The zero-order chi connectivity index (χ0) is 47.9. The van der Waals surface area contributed by atoms with Crippen molar-refractivity contribution in [1.82, 2.24) is 0 Å². The number of unbranched alkanes of at least 4 members (excludes halogenated alkanes) is 24. The Balaban J connectivity index is 4.29. The monoisotopic (exact) mass is 919 g/mol. The molecule has 1 unspecified atom stereocenters. The maximum Gasteiger partial charge on any atom is 0.306 e. The summed E-state index contributed by atoms with van der Waals surface area (Å²) in [7, 11) is 0. The van der Waals surface area contributed by atoms with Crippen molar-refractivity contribution < 1.29 is 28.6 Å². The van der Waals surface area contributed by atoms with Crippen molar-refractivity contribution in [3.8, 4) is 0 Å². The predicted molar refractivity (Wildman–Crippen MR) is 284 cm³/mol. The van der Waals surface area contributed by atoms with Gasteiger partial charge in [-0.05, 0) is 96.3 Å². The topological polar surface area (TPSA) is 78.9 Å². The summed E-state index contributed by atoms with van der Waals surface area (Å²) in [6, 6.07) is 0. The Kier molecular flexibility index (Phi) is 51.4. The van der Waals surface area contributed by atoms with Crippen LogP contribution in [0.25, 0.3) is 0 Å². The Morgan fingerprint density at radius 3 is 0.955 bits per heavy atom. The Hall–Kier alpha value is -3.41. The number of hydrogen-bond acceptors (Lipinski definition) is 6. The van der Waals surface area contributed by atoms with E-state index < -0.39 is 6.10 Å². The van der Waals surface area contributed by atoms with Crippen LogP contribution in [0.2, 0.25) is 0 Å². The van der Waals surface area contributed by atoms with Crippen LogP contribution >= 0.6 is 0 Å². The Bertz CT molecular complexity index is 1290. The van der Waals surface area contributed by atoms with Crippen LogP contribution in [0, 0.1) is 0 Å². The molecule has 0 heterocycles. The van der Waals surface area contributed by atoms with Gasteiger partial charge in [0.15, 0.2) is 6.10 Å². The zero-order valence-electron chi connectivity index (χ0n) is 43.2. The molecule has 0 aromatic carbocycles. The lowest BCUT2D eigenvalue weighted by Gasteiger charge is -2.18. The molecule has 0 aromatic rings. The zero-order valence-corrected chi connectivity index (χ0v) is 43.2. The number of carbonyl (C=O) groups is 3. The predicted octanol–water partition coefficient (Wildman–Crippen LogP) is 18.4. The number of ether oxygens (including phenoxy) is 3. The summed E-state index contributed by atoms with van der Waals surface area (Å²) in [5.74, 6) is -0.904. The van der Waals surface area contributed by atoms with Crippen LogP contribution in [0.1, 0.15) is 258 Å². The minimum Gasteiger partial charge on any atom is -0.462 e. The van der Waals surface area contributed by atoms with Gasteiger partial charge in [-0.2, -0.15) is 0 Å². The number of allylic oxidation sites excluding steroid dienone is 14. The molecule has 0 aromatic heterocycles. The van der Waals surface area contributed by atoms with Crippen molar-refractivity contribution in [3.63, 3.8) is 0 Å². The number of carbonyl (C=O) groups excluding carboxylic acids is 3. The third-order valence-electron chi connectivity index (χ3n) is 11.6. The van der Waals surface area contributed by atoms with Crippen LogP contribution in [0.15, 0.2) is 85.1 Å². The second kappa shape index (κ2) is 54.2. The van der Waals surface area contributed by atoms with Gasteiger partial charge in [0.05, 0.1) is 0 Å². The van der Waals surface area contributed by atoms with Gasteiger partial charge >= 0.3 is 17.9 Å². The maximum atomic E-state index is 12.8. The summed E-state index contributed by atoms with van der Waals surface area (Å²) < 4.78 is 16.8. The van der Waals surface area contributed by atoms with Crippen molar-refractivity contribution in [2.24, 2.45) is 0 Å². The highest BCUT2D eigenvalue weighted by Gasteiger charge is 2.19. The van der Waals surface area contributed by atoms with E-state index >= 15 is 0 Å². The van der Waals surface area contributed by atoms with E-state index in [1.807, 2.05) is 0 Å². The molecular formula is C60H102O6. The average Bonchev–Trinajstić information content (AvgIpc) is 3.31. The summed E-state index contributed by atoms with van der Waals surface area (Å²) in [5, 5.41) is 0. The molecule has 0 saturated carbocycles. The fourth-order valence-electron chi connectivity index (χ4n) is 7.50. The van der Waals surface area contributed by atoms with Gasteiger partial charge < -0.3 is 14.2 Å². The normalized spacial score (nSPS) is 12.7. The van der Waals surface area contributed by atoms with E-state index in [9.17, 15) is 14.4 Å². The van der Waals surface area contributed by atoms with Gasteiger partial charge in [0.2, 0.25) is 0 Å². The van der Waals surface area contributed by atoms with E-state index in [2.05, 4.69) is 106 Å². The molecule has 0 fully saturated rings. The second-order valence-electron chi connectivity index (χ2n) is 18.1. The first-order valence-electron chi connectivity index (χ1n) is 27.6. The van der Waals surface area contributed by atoms with E-state index in [0.29, 0.717) is 19.3 Å². The largest absolute Gasteiger partial charge is 0.462 e. The molecule has 0 radical (unpaired) electrons. The number of esters is 3. The summed E-state index contributed by atoms with van der Waals surface area (Å²) >= 11 is 0. The molecule has 0 bridgehead atoms.